The van der Waals surface area contributed by atoms with Crippen molar-refractivity contribution in [2.45, 2.75) is 6.54 Å². The molecular weight excluding hydrogens is 183 g/mol. The maximum Gasteiger partial charge on any atom is 0.225 e. The fraction of sp³-hybridized carbons (Fsp3) is 0.100. The van der Waals surface area contributed by atoms with E-state index in [4.69, 9.17) is 10.2 Å². The zero-order chi connectivity index (χ0) is 9.97. The van der Waals surface area contributed by atoms with Crippen LogP contribution in [0.5, 0.6) is 0 Å². The Hall–Kier alpha value is -1.68. The summed E-state index contributed by atoms with van der Waals surface area (Å²) in [6.07, 6.45) is 2.97. The molecule has 0 atom stereocenters. The molecular formula is C10H9FN2O. The predicted molar refractivity (Wildman–Crippen MR) is 49.8 cm³/mol. The Morgan fingerprint density at radius 2 is 2.29 bits per heavy atom. The van der Waals surface area contributed by atoms with E-state index in [1.54, 1.807) is 12.1 Å². The van der Waals surface area contributed by atoms with Crippen molar-refractivity contribution in [3.63, 3.8) is 0 Å². The minimum absolute atomic E-state index is 0.192. The van der Waals surface area contributed by atoms with Gasteiger partial charge < -0.3 is 10.2 Å². The molecule has 0 fully saturated rings. The minimum Gasteiger partial charge on any atom is -0.445 e. The molecule has 0 unspecified atom stereocenters. The van der Waals surface area contributed by atoms with Crippen molar-refractivity contribution >= 4 is 0 Å². The van der Waals surface area contributed by atoms with Crippen LogP contribution in [0.1, 0.15) is 5.56 Å². The second kappa shape index (κ2) is 3.59. The highest BCUT2D eigenvalue weighted by molar-refractivity contribution is 5.53. The summed E-state index contributed by atoms with van der Waals surface area (Å²) in [6, 6.07) is 4.74. The Morgan fingerprint density at radius 3 is 2.86 bits per heavy atom. The first kappa shape index (κ1) is 8.90. The molecule has 0 radical (unpaired) electrons. The molecule has 1 aromatic heterocycles. The van der Waals surface area contributed by atoms with Gasteiger partial charge in [0.1, 0.15) is 12.1 Å². The van der Waals surface area contributed by atoms with E-state index in [9.17, 15) is 4.39 Å². The average molecular weight is 192 g/mol. The molecule has 0 saturated carbocycles. The van der Waals surface area contributed by atoms with Crippen molar-refractivity contribution in [1.29, 1.82) is 0 Å². The lowest BCUT2D eigenvalue weighted by Crippen LogP contribution is -1.99. The fourth-order valence-corrected chi connectivity index (χ4v) is 1.21. The van der Waals surface area contributed by atoms with Gasteiger partial charge in [-0.25, -0.2) is 9.37 Å². The van der Waals surface area contributed by atoms with Gasteiger partial charge in [0.05, 0.1) is 6.20 Å². The highest BCUT2D eigenvalue weighted by Gasteiger charge is 2.06. The van der Waals surface area contributed by atoms with E-state index in [0.29, 0.717) is 17.0 Å². The molecule has 1 heterocycles. The van der Waals surface area contributed by atoms with Gasteiger partial charge in [-0.2, -0.15) is 0 Å². The summed E-state index contributed by atoms with van der Waals surface area (Å²) < 4.78 is 18.3. The summed E-state index contributed by atoms with van der Waals surface area (Å²) >= 11 is 0. The van der Waals surface area contributed by atoms with Crippen LogP contribution in [0.25, 0.3) is 11.5 Å². The van der Waals surface area contributed by atoms with Crippen LogP contribution in [0.2, 0.25) is 0 Å². The molecule has 14 heavy (non-hydrogen) atoms. The number of halogens is 1. The van der Waals surface area contributed by atoms with Crippen molar-refractivity contribution in [3.05, 3.63) is 42.0 Å². The molecule has 0 spiro atoms. The molecule has 0 saturated heterocycles. The highest BCUT2D eigenvalue weighted by Crippen LogP contribution is 2.19. The molecule has 0 aliphatic heterocycles. The third-order valence-electron chi connectivity index (χ3n) is 1.95. The molecule has 0 bridgehead atoms. The van der Waals surface area contributed by atoms with Crippen LogP contribution in [-0.2, 0) is 6.54 Å². The first-order valence-electron chi connectivity index (χ1n) is 4.19. The molecule has 72 valence electrons. The summed E-state index contributed by atoms with van der Waals surface area (Å²) in [5.41, 5.74) is 6.44. The van der Waals surface area contributed by atoms with E-state index in [1.807, 2.05) is 0 Å². The monoisotopic (exact) mass is 192 g/mol. The molecule has 1 aromatic carbocycles. The second-order valence-electron chi connectivity index (χ2n) is 2.85. The van der Waals surface area contributed by atoms with Gasteiger partial charge in [-0.1, -0.05) is 6.07 Å². The summed E-state index contributed by atoms with van der Waals surface area (Å²) in [6.45, 7) is 0.192. The van der Waals surface area contributed by atoms with Gasteiger partial charge in [0.2, 0.25) is 5.89 Å². The van der Waals surface area contributed by atoms with Gasteiger partial charge in [-0.15, -0.1) is 0 Å². The fourth-order valence-electron chi connectivity index (χ4n) is 1.21. The number of oxazole rings is 1. The first-order valence-corrected chi connectivity index (χ1v) is 4.19. The molecule has 0 aliphatic carbocycles. The molecule has 2 rings (SSSR count). The van der Waals surface area contributed by atoms with Gasteiger partial charge >= 0.3 is 0 Å². The zero-order valence-electron chi connectivity index (χ0n) is 7.40. The molecule has 4 heteroatoms. The Labute approximate surface area is 80.4 Å². The van der Waals surface area contributed by atoms with Crippen LogP contribution < -0.4 is 5.73 Å². The molecule has 2 aromatic rings. The normalized spacial score (nSPS) is 10.4. The van der Waals surface area contributed by atoms with Crippen LogP contribution in [-0.4, -0.2) is 4.98 Å². The lowest BCUT2D eigenvalue weighted by molar-refractivity contribution is 0.571. The number of rotatable bonds is 2. The topological polar surface area (TPSA) is 52.0 Å². The van der Waals surface area contributed by atoms with Crippen LogP contribution in [0.15, 0.2) is 35.1 Å². The lowest BCUT2D eigenvalue weighted by atomic mass is 10.1. The molecule has 0 amide bonds. The Bertz CT molecular complexity index is 426. The van der Waals surface area contributed by atoms with Gasteiger partial charge in [0, 0.05) is 17.7 Å². The Kier molecular flexibility index (Phi) is 2.28. The summed E-state index contributed by atoms with van der Waals surface area (Å²) in [5.74, 6) is 0.0793. The minimum atomic E-state index is -0.330. The summed E-state index contributed by atoms with van der Waals surface area (Å²) in [5, 5.41) is 0. The van der Waals surface area contributed by atoms with E-state index in [-0.39, 0.29) is 12.4 Å². The van der Waals surface area contributed by atoms with E-state index in [2.05, 4.69) is 4.98 Å². The quantitative estimate of drug-likeness (QED) is 0.791. The van der Waals surface area contributed by atoms with E-state index < -0.39 is 0 Å². The summed E-state index contributed by atoms with van der Waals surface area (Å²) in [7, 11) is 0. The van der Waals surface area contributed by atoms with Crippen molar-refractivity contribution in [2.24, 2.45) is 5.73 Å². The Balaban J connectivity index is 2.43. The molecule has 0 aliphatic rings. The predicted octanol–water partition coefficient (Wildman–Crippen LogP) is 1.94. The maximum atomic E-state index is 13.3. The number of nitrogens with two attached hydrogens (primary N) is 1. The Morgan fingerprint density at radius 1 is 1.43 bits per heavy atom. The average Bonchev–Trinajstić information content (AvgIpc) is 2.70. The molecule has 3 nitrogen and oxygen atoms in total. The molecule has 2 N–H and O–H groups in total. The third kappa shape index (κ3) is 1.52. The number of hydrogen-bond acceptors (Lipinski definition) is 3. The van der Waals surface area contributed by atoms with E-state index >= 15 is 0 Å². The van der Waals surface area contributed by atoms with Crippen molar-refractivity contribution in [1.82, 2.24) is 4.98 Å². The van der Waals surface area contributed by atoms with E-state index in [1.165, 1.54) is 18.5 Å². The van der Waals surface area contributed by atoms with Crippen LogP contribution in [0, 0.1) is 5.82 Å². The van der Waals surface area contributed by atoms with Gasteiger partial charge in [-0.05, 0) is 12.1 Å². The number of aromatic nitrogens is 1. The second-order valence-corrected chi connectivity index (χ2v) is 2.85. The van der Waals surface area contributed by atoms with Crippen molar-refractivity contribution in [2.75, 3.05) is 0 Å². The largest absolute Gasteiger partial charge is 0.445 e. The van der Waals surface area contributed by atoms with Gasteiger partial charge in [0.15, 0.2) is 0 Å². The van der Waals surface area contributed by atoms with Gasteiger partial charge in [-0.3, -0.25) is 0 Å². The number of nitrogens with zero attached hydrogens (tertiary/aromatic N) is 1. The first-order chi connectivity index (χ1) is 6.81. The van der Waals surface area contributed by atoms with Crippen molar-refractivity contribution in [3.8, 4) is 11.5 Å². The third-order valence-corrected chi connectivity index (χ3v) is 1.95. The summed E-state index contributed by atoms with van der Waals surface area (Å²) in [4.78, 5) is 3.92. The highest BCUT2D eigenvalue weighted by atomic mass is 19.1. The van der Waals surface area contributed by atoms with Crippen molar-refractivity contribution < 1.29 is 8.81 Å². The zero-order valence-corrected chi connectivity index (χ0v) is 7.40. The van der Waals surface area contributed by atoms with Crippen LogP contribution in [0.3, 0.4) is 0 Å². The lowest BCUT2D eigenvalue weighted by Gasteiger charge is -2.00. The number of benzene rings is 1. The SMILES string of the molecule is NCc1ccc(-c2ncco2)cc1F. The van der Waals surface area contributed by atoms with Gasteiger partial charge in [0.25, 0.3) is 0 Å². The maximum absolute atomic E-state index is 13.3. The van der Waals surface area contributed by atoms with Crippen LogP contribution in [0.4, 0.5) is 4.39 Å². The standard InChI is InChI=1S/C10H9FN2O/c11-9-5-7(1-2-8(9)6-12)10-13-3-4-14-10/h1-5H,6,12H2. The number of hydrogen-bond donors (Lipinski definition) is 1. The smallest absolute Gasteiger partial charge is 0.225 e. The van der Waals surface area contributed by atoms with E-state index in [0.717, 1.165) is 0 Å². The van der Waals surface area contributed by atoms with Crippen LogP contribution >= 0.6 is 0 Å².